The number of hydrogen-bond acceptors (Lipinski definition) is 6. The molecule has 206 valence electrons. The van der Waals surface area contributed by atoms with Gasteiger partial charge in [-0.3, -0.25) is 9.79 Å². The van der Waals surface area contributed by atoms with Gasteiger partial charge in [-0.2, -0.15) is 0 Å². The molecule has 0 radical (unpaired) electrons. The van der Waals surface area contributed by atoms with Gasteiger partial charge in [0.05, 0.1) is 34.4 Å². The van der Waals surface area contributed by atoms with Crippen molar-refractivity contribution in [1.82, 2.24) is 15.5 Å². The van der Waals surface area contributed by atoms with Crippen LogP contribution in [-0.4, -0.2) is 73.9 Å². The van der Waals surface area contributed by atoms with Gasteiger partial charge in [0, 0.05) is 38.1 Å². The summed E-state index contributed by atoms with van der Waals surface area (Å²) in [5.41, 5.74) is 9.92. The van der Waals surface area contributed by atoms with Crippen molar-refractivity contribution in [3.8, 4) is 0 Å². The van der Waals surface area contributed by atoms with Gasteiger partial charge in [-0.1, -0.05) is 35.4 Å². The second-order valence-corrected chi connectivity index (χ2v) is 11.3. The molecule has 0 saturated carbocycles. The summed E-state index contributed by atoms with van der Waals surface area (Å²) in [7, 11) is 2.13. The van der Waals surface area contributed by atoms with Crippen LogP contribution in [-0.2, 0) is 9.53 Å². The predicted octanol–water partition coefficient (Wildman–Crippen LogP) is 4.24. The van der Waals surface area contributed by atoms with Crippen LogP contribution in [0.1, 0.15) is 52.9 Å². The molecule has 3 rings (SSSR count). The standard InChI is InChI=1S/C28H43Cl2N5O2/c1-5-8-19-10-7-9-18(3)26(33-15-20(29)6-2)24(25(19)31)28(36)34-23-17-32-16-22(30)27(23)37-21-11-13-35(4)14-12-21/h5-6,8,15,21-24,27,32H,7,9-14,16-17,31H2,1-4H3,(H,34,36)/b8-5-,20-6+,25-19-,26-18+,33-15-/t22?,23?,24-,27?/m1/s1. The Balaban J connectivity index is 1.91. The fraction of sp³-hybridized carbons (Fsp3) is 0.643. The molecule has 3 unspecified atom stereocenters. The molecule has 2 fully saturated rings. The number of nitrogens with one attached hydrogen (secondary N) is 2. The van der Waals surface area contributed by atoms with Crippen LogP contribution in [0.2, 0.25) is 0 Å². The van der Waals surface area contributed by atoms with E-state index >= 15 is 0 Å². The number of hydrogen-bond donors (Lipinski definition) is 3. The lowest BCUT2D eigenvalue weighted by Crippen LogP contribution is -2.61. The number of carbonyl (C=O) groups excluding carboxylic acids is 1. The molecular formula is C28H43Cl2N5O2. The van der Waals surface area contributed by atoms with Gasteiger partial charge in [0.25, 0.3) is 0 Å². The number of nitrogens with zero attached hydrogens (tertiary/aromatic N) is 2. The number of allylic oxidation sites excluding steroid dienone is 6. The second-order valence-electron chi connectivity index (χ2n) is 10.3. The molecule has 2 heterocycles. The number of nitrogens with two attached hydrogens (primary N) is 1. The van der Waals surface area contributed by atoms with Crippen molar-refractivity contribution in [2.75, 3.05) is 33.2 Å². The number of likely N-dealkylation sites (tertiary alicyclic amines) is 1. The van der Waals surface area contributed by atoms with Crippen LogP contribution in [0.15, 0.2) is 50.8 Å². The van der Waals surface area contributed by atoms with E-state index in [-0.39, 0.29) is 29.5 Å². The zero-order valence-electron chi connectivity index (χ0n) is 22.6. The molecule has 0 aromatic carbocycles. The highest BCUT2D eigenvalue weighted by Crippen LogP contribution is 2.32. The van der Waals surface area contributed by atoms with Crippen LogP contribution in [0.25, 0.3) is 0 Å². The molecule has 0 aromatic rings. The minimum Gasteiger partial charge on any atom is -0.401 e. The number of aliphatic imine (C=N–C) groups is 1. The number of alkyl halides is 1. The van der Waals surface area contributed by atoms with E-state index in [1.807, 2.05) is 32.9 Å². The molecule has 2 aliphatic heterocycles. The first kappa shape index (κ1) is 29.9. The monoisotopic (exact) mass is 551 g/mol. The summed E-state index contributed by atoms with van der Waals surface area (Å²) in [6.45, 7) is 9.04. The molecule has 7 nitrogen and oxygen atoms in total. The van der Waals surface area contributed by atoms with Gasteiger partial charge in [-0.15, -0.1) is 11.6 Å². The smallest absolute Gasteiger partial charge is 0.235 e. The molecule has 0 bridgehead atoms. The Hall–Kier alpha value is -1.64. The maximum Gasteiger partial charge on any atom is 0.235 e. The summed E-state index contributed by atoms with van der Waals surface area (Å²) in [5, 5.41) is 6.85. The first-order chi connectivity index (χ1) is 17.7. The zero-order valence-corrected chi connectivity index (χ0v) is 24.1. The SMILES string of the molecule is C/C=C\C1=C(\N)[C@@H](C(=O)NC2CNCC(Cl)C2OC2CCN(C)CC2)C(/N=C\C(Cl)=C/C)=C(/C)CCC1. The van der Waals surface area contributed by atoms with E-state index in [9.17, 15) is 4.79 Å². The minimum absolute atomic E-state index is 0.137. The number of piperidine rings is 2. The highest BCUT2D eigenvalue weighted by atomic mass is 35.5. The van der Waals surface area contributed by atoms with E-state index in [1.165, 1.54) is 0 Å². The van der Waals surface area contributed by atoms with Crippen LogP contribution in [0.3, 0.4) is 0 Å². The number of amides is 1. The second kappa shape index (κ2) is 14.5. The fourth-order valence-corrected chi connectivity index (χ4v) is 5.61. The first-order valence-corrected chi connectivity index (χ1v) is 14.2. The highest BCUT2D eigenvalue weighted by Gasteiger charge is 2.39. The molecule has 37 heavy (non-hydrogen) atoms. The molecule has 0 spiro atoms. The van der Waals surface area contributed by atoms with E-state index in [1.54, 1.807) is 12.3 Å². The van der Waals surface area contributed by atoms with E-state index in [0.717, 1.165) is 56.3 Å². The van der Waals surface area contributed by atoms with Crippen LogP contribution in [0, 0.1) is 5.92 Å². The third-order valence-electron chi connectivity index (χ3n) is 7.42. The lowest BCUT2D eigenvalue weighted by molar-refractivity contribution is -0.126. The molecular weight excluding hydrogens is 509 g/mol. The molecule has 9 heteroatoms. The Morgan fingerprint density at radius 2 is 1.97 bits per heavy atom. The summed E-state index contributed by atoms with van der Waals surface area (Å²) >= 11 is 13.0. The largest absolute Gasteiger partial charge is 0.401 e. The van der Waals surface area contributed by atoms with Gasteiger partial charge >= 0.3 is 0 Å². The summed E-state index contributed by atoms with van der Waals surface area (Å²) < 4.78 is 6.53. The summed E-state index contributed by atoms with van der Waals surface area (Å²) in [6.07, 6.45) is 11.7. The van der Waals surface area contributed by atoms with Crippen molar-refractivity contribution in [2.24, 2.45) is 16.6 Å². The van der Waals surface area contributed by atoms with Crippen LogP contribution < -0.4 is 16.4 Å². The maximum atomic E-state index is 14.0. The van der Waals surface area contributed by atoms with Gasteiger partial charge in [0.15, 0.2) is 0 Å². The minimum atomic E-state index is -0.733. The topological polar surface area (TPSA) is 92.0 Å². The van der Waals surface area contributed by atoms with Crippen LogP contribution in [0.4, 0.5) is 0 Å². The lowest BCUT2D eigenvalue weighted by atomic mass is 9.87. The van der Waals surface area contributed by atoms with Gasteiger partial charge < -0.3 is 26.0 Å². The van der Waals surface area contributed by atoms with Crippen molar-refractivity contribution in [3.05, 3.63) is 45.8 Å². The van der Waals surface area contributed by atoms with Gasteiger partial charge in [-0.25, -0.2) is 0 Å². The molecule has 0 aromatic heterocycles. The summed E-state index contributed by atoms with van der Waals surface area (Å²) in [4.78, 5) is 21.0. The molecule has 1 aliphatic carbocycles. The Kier molecular flexibility index (Phi) is 11.7. The summed E-state index contributed by atoms with van der Waals surface area (Å²) in [5.74, 6) is -0.928. The predicted molar refractivity (Wildman–Crippen MR) is 154 cm³/mol. The first-order valence-electron chi connectivity index (χ1n) is 13.4. The van der Waals surface area contributed by atoms with E-state index in [2.05, 4.69) is 27.6 Å². The Morgan fingerprint density at radius 3 is 2.65 bits per heavy atom. The lowest BCUT2D eigenvalue weighted by Gasteiger charge is -2.40. The van der Waals surface area contributed by atoms with E-state index < -0.39 is 5.92 Å². The molecule has 4 atom stereocenters. The normalized spacial score (nSPS) is 33.6. The highest BCUT2D eigenvalue weighted by molar-refractivity contribution is 6.39. The molecule has 1 amide bonds. The number of ether oxygens (including phenoxy) is 1. The number of halogens is 2. The van der Waals surface area contributed by atoms with Crippen LogP contribution in [0.5, 0.6) is 0 Å². The van der Waals surface area contributed by atoms with Gasteiger partial charge in [-0.05, 0) is 65.5 Å². The number of rotatable bonds is 7. The van der Waals surface area contributed by atoms with Crippen LogP contribution >= 0.6 is 23.2 Å². The van der Waals surface area contributed by atoms with Crippen molar-refractivity contribution >= 4 is 35.3 Å². The fourth-order valence-electron chi connectivity index (χ4n) is 5.22. The third-order valence-corrected chi connectivity index (χ3v) is 8.14. The number of carbonyl (C=O) groups is 1. The van der Waals surface area contributed by atoms with Crippen molar-refractivity contribution < 1.29 is 9.53 Å². The Labute approximate surface area is 232 Å². The summed E-state index contributed by atoms with van der Waals surface area (Å²) in [6, 6.07) is -0.281. The van der Waals surface area contributed by atoms with Crippen molar-refractivity contribution in [1.29, 1.82) is 0 Å². The third kappa shape index (κ3) is 8.17. The van der Waals surface area contributed by atoms with Crippen molar-refractivity contribution in [3.63, 3.8) is 0 Å². The molecule has 3 aliphatic rings. The Bertz CT molecular complexity index is 950. The van der Waals surface area contributed by atoms with E-state index in [0.29, 0.717) is 29.5 Å². The maximum absolute atomic E-state index is 14.0. The van der Waals surface area contributed by atoms with Gasteiger partial charge in [0.1, 0.15) is 5.92 Å². The van der Waals surface area contributed by atoms with E-state index in [4.69, 9.17) is 33.7 Å². The molecule has 2 saturated heterocycles. The average Bonchev–Trinajstić information content (AvgIpc) is 2.87. The zero-order chi connectivity index (χ0) is 26.9. The Morgan fingerprint density at radius 1 is 1.24 bits per heavy atom. The van der Waals surface area contributed by atoms with Crippen molar-refractivity contribution in [2.45, 2.75) is 76.5 Å². The average molecular weight is 553 g/mol. The van der Waals surface area contributed by atoms with Gasteiger partial charge in [0.2, 0.25) is 5.91 Å². The quantitative estimate of drug-likeness (QED) is 0.325. The molecule has 4 N–H and O–H groups in total.